The summed E-state index contributed by atoms with van der Waals surface area (Å²) in [7, 11) is 0. The van der Waals surface area contributed by atoms with Gasteiger partial charge in [-0.15, -0.1) is 11.3 Å². The monoisotopic (exact) mass is 406 g/mol. The second kappa shape index (κ2) is 6.17. The molecule has 2 fully saturated rings. The number of aliphatic hydroxyl groups excluding tert-OH is 1. The van der Waals surface area contributed by atoms with Crippen molar-refractivity contribution in [3.05, 3.63) is 19.2 Å². The Morgan fingerprint density at radius 1 is 1.11 bits per heavy atom. The fourth-order valence-electron chi connectivity index (χ4n) is 4.01. The summed E-state index contributed by atoms with van der Waals surface area (Å²) in [4.78, 5) is 0. The van der Waals surface area contributed by atoms with Crippen molar-refractivity contribution in [2.75, 3.05) is 0 Å². The summed E-state index contributed by atoms with van der Waals surface area (Å²) in [5.41, 5.74) is 1.08. The number of thiophene rings is 1. The first-order valence-corrected chi connectivity index (χ1v) is 9.68. The van der Waals surface area contributed by atoms with Crippen molar-refractivity contribution in [2.45, 2.75) is 51.0 Å². The van der Waals surface area contributed by atoms with Gasteiger partial charge >= 0.3 is 0 Å². The molecule has 106 valence electrons. The maximum absolute atomic E-state index is 10.7. The molecule has 4 heteroatoms. The van der Waals surface area contributed by atoms with E-state index in [1.165, 1.54) is 44.9 Å². The Hall–Kier alpha value is 0.620. The molecule has 4 atom stereocenters. The first-order chi connectivity index (χ1) is 9.15. The zero-order chi connectivity index (χ0) is 13.4. The molecule has 0 aliphatic heterocycles. The summed E-state index contributed by atoms with van der Waals surface area (Å²) < 4.78 is 2.18. The van der Waals surface area contributed by atoms with Crippen molar-refractivity contribution in [2.24, 2.45) is 17.8 Å². The van der Waals surface area contributed by atoms with Gasteiger partial charge in [0, 0.05) is 5.56 Å². The molecular formula is C15H20Br2OS. The summed E-state index contributed by atoms with van der Waals surface area (Å²) in [5.74, 6) is 2.29. The SMILES string of the molecule is OC(c1cc(Br)sc1Br)C1CCC2CCCCC2C1. The van der Waals surface area contributed by atoms with E-state index in [4.69, 9.17) is 0 Å². The molecule has 0 saturated heterocycles. The number of aliphatic hydroxyl groups is 1. The van der Waals surface area contributed by atoms with Crippen LogP contribution in [0.2, 0.25) is 0 Å². The Morgan fingerprint density at radius 3 is 2.53 bits per heavy atom. The van der Waals surface area contributed by atoms with Crippen LogP contribution < -0.4 is 0 Å². The highest BCUT2D eigenvalue weighted by Crippen LogP contribution is 2.48. The Morgan fingerprint density at radius 2 is 1.84 bits per heavy atom. The highest BCUT2D eigenvalue weighted by atomic mass is 79.9. The number of fused-ring (bicyclic) bond motifs is 1. The van der Waals surface area contributed by atoms with Crippen molar-refractivity contribution in [1.29, 1.82) is 0 Å². The molecule has 0 aromatic carbocycles. The first-order valence-electron chi connectivity index (χ1n) is 7.28. The van der Waals surface area contributed by atoms with E-state index in [1.807, 2.05) is 0 Å². The fourth-order valence-corrected chi connectivity index (χ4v) is 6.92. The predicted octanol–water partition coefficient (Wildman–Crippen LogP) is 5.91. The summed E-state index contributed by atoms with van der Waals surface area (Å²) >= 11 is 8.75. The topological polar surface area (TPSA) is 20.2 Å². The van der Waals surface area contributed by atoms with Gasteiger partial charge in [0.2, 0.25) is 0 Å². The molecule has 1 N–H and O–H groups in total. The highest BCUT2D eigenvalue weighted by Gasteiger charge is 2.36. The van der Waals surface area contributed by atoms with Gasteiger partial charge in [-0.1, -0.05) is 25.7 Å². The van der Waals surface area contributed by atoms with Crippen LogP contribution in [-0.2, 0) is 0 Å². The van der Waals surface area contributed by atoms with E-state index in [0.29, 0.717) is 5.92 Å². The zero-order valence-corrected chi connectivity index (χ0v) is 14.9. The Bertz CT molecular complexity index is 445. The number of rotatable bonds is 2. The zero-order valence-electron chi connectivity index (χ0n) is 10.9. The number of hydrogen-bond donors (Lipinski definition) is 1. The first kappa shape index (κ1) is 14.6. The maximum Gasteiger partial charge on any atom is 0.0837 e. The van der Waals surface area contributed by atoms with Gasteiger partial charge < -0.3 is 5.11 Å². The third-order valence-electron chi connectivity index (χ3n) is 5.03. The van der Waals surface area contributed by atoms with Gasteiger partial charge in [-0.2, -0.15) is 0 Å². The summed E-state index contributed by atoms with van der Waals surface area (Å²) in [6.07, 6.45) is 9.11. The van der Waals surface area contributed by atoms with E-state index in [0.717, 1.165) is 25.0 Å². The lowest BCUT2D eigenvalue weighted by Crippen LogP contribution is -2.30. The fraction of sp³-hybridized carbons (Fsp3) is 0.733. The molecule has 3 rings (SSSR count). The molecule has 1 heterocycles. The molecule has 0 amide bonds. The van der Waals surface area contributed by atoms with Crippen LogP contribution in [0.4, 0.5) is 0 Å². The molecule has 2 saturated carbocycles. The van der Waals surface area contributed by atoms with Crippen molar-refractivity contribution < 1.29 is 5.11 Å². The normalized spacial score (nSPS) is 32.9. The van der Waals surface area contributed by atoms with Crippen molar-refractivity contribution in [3.63, 3.8) is 0 Å². The molecular weight excluding hydrogens is 388 g/mol. The maximum atomic E-state index is 10.7. The largest absolute Gasteiger partial charge is 0.388 e. The van der Waals surface area contributed by atoms with Crippen LogP contribution >= 0.6 is 43.2 Å². The quantitative estimate of drug-likeness (QED) is 0.645. The molecule has 1 nitrogen and oxygen atoms in total. The molecule has 2 aliphatic carbocycles. The van der Waals surface area contributed by atoms with Crippen molar-refractivity contribution >= 4 is 43.2 Å². The minimum Gasteiger partial charge on any atom is -0.388 e. The lowest BCUT2D eigenvalue weighted by molar-refractivity contribution is 0.0348. The smallest absolute Gasteiger partial charge is 0.0837 e. The average molecular weight is 408 g/mol. The third-order valence-corrected chi connectivity index (χ3v) is 7.41. The van der Waals surface area contributed by atoms with Gasteiger partial charge in [-0.3, -0.25) is 0 Å². The van der Waals surface area contributed by atoms with E-state index >= 15 is 0 Å². The van der Waals surface area contributed by atoms with Crippen molar-refractivity contribution in [1.82, 2.24) is 0 Å². The molecule has 19 heavy (non-hydrogen) atoms. The van der Waals surface area contributed by atoms with E-state index in [1.54, 1.807) is 11.3 Å². The molecule has 1 aromatic heterocycles. The van der Waals surface area contributed by atoms with Crippen LogP contribution in [0.3, 0.4) is 0 Å². The van der Waals surface area contributed by atoms with E-state index in [-0.39, 0.29) is 6.10 Å². The standard InChI is InChI=1S/C15H20Br2OS/c16-13-8-12(15(17)19-13)14(18)11-6-5-9-3-1-2-4-10(9)7-11/h8-11,14,18H,1-7H2. The number of halogens is 2. The minimum absolute atomic E-state index is 0.292. The molecule has 2 aliphatic rings. The Labute approximate surface area is 136 Å². The van der Waals surface area contributed by atoms with Gasteiger partial charge in [0.05, 0.1) is 13.7 Å². The van der Waals surface area contributed by atoms with Gasteiger partial charge in [-0.05, 0) is 74.9 Å². The molecule has 0 bridgehead atoms. The van der Waals surface area contributed by atoms with E-state index < -0.39 is 0 Å². The molecule has 0 spiro atoms. The van der Waals surface area contributed by atoms with E-state index in [2.05, 4.69) is 37.9 Å². The second-order valence-electron chi connectivity index (χ2n) is 6.10. The second-order valence-corrected chi connectivity index (χ2v) is 9.85. The molecule has 1 aromatic rings. The summed E-state index contributed by atoms with van der Waals surface area (Å²) in [5, 5.41) is 10.7. The van der Waals surface area contributed by atoms with Crippen molar-refractivity contribution in [3.8, 4) is 0 Å². The van der Waals surface area contributed by atoms with Gasteiger partial charge in [-0.25, -0.2) is 0 Å². The van der Waals surface area contributed by atoms with Crippen LogP contribution in [0, 0.1) is 17.8 Å². The van der Waals surface area contributed by atoms with Gasteiger partial charge in [0.1, 0.15) is 0 Å². The van der Waals surface area contributed by atoms with Gasteiger partial charge in [0.15, 0.2) is 0 Å². The highest BCUT2D eigenvalue weighted by molar-refractivity contribution is 9.12. The molecule has 4 unspecified atom stereocenters. The summed E-state index contributed by atoms with van der Waals surface area (Å²) in [6.45, 7) is 0. The summed E-state index contributed by atoms with van der Waals surface area (Å²) in [6, 6.07) is 2.08. The van der Waals surface area contributed by atoms with E-state index in [9.17, 15) is 5.11 Å². The van der Waals surface area contributed by atoms with Crippen LogP contribution in [0.25, 0.3) is 0 Å². The predicted molar refractivity (Wildman–Crippen MR) is 87.5 cm³/mol. The average Bonchev–Trinajstić information content (AvgIpc) is 2.76. The van der Waals surface area contributed by atoms with Crippen LogP contribution in [0.1, 0.15) is 56.6 Å². The Kier molecular flexibility index (Phi) is 4.72. The Balaban J connectivity index is 1.70. The lowest BCUT2D eigenvalue weighted by atomic mass is 9.66. The third kappa shape index (κ3) is 3.12. The van der Waals surface area contributed by atoms with Crippen LogP contribution in [0.15, 0.2) is 13.6 Å². The molecule has 0 radical (unpaired) electrons. The van der Waals surface area contributed by atoms with Gasteiger partial charge in [0.25, 0.3) is 0 Å². The number of hydrogen-bond acceptors (Lipinski definition) is 2. The van der Waals surface area contributed by atoms with Crippen LogP contribution in [-0.4, -0.2) is 5.11 Å². The lowest BCUT2D eigenvalue weighted by Gasteiger charge is -2.40. The van der Waals surface area contributed by atoms with Crippen LogP contribution in [0.5, 0.6) is 0 Å². The minimum atomic E-state index is -0.292.